The third kappa shape index (κ3) is 3.35. The lowest BCUT2D eigenvalue weighted by molar-refractivity contribution is 0.0922. The van der Waals surface area contributed by atoms with Crippen molar-refractivity contribution >= 4 is 28.5 Å². The summed E-state index contributed by atoms with van der Waals surface area (Å²) in [7, 11) is 0. The van der Waals surface area contributed by atoms with Crippen LogP contribution in [0.5, 0.6) is 5.75 Å². The Hall–Kier alpha value is -0.820. The van der Waals surface area contributed by atoms with Gasteiger partial charge in [-0.05, 0) is 47.7 Å². The standard InChI is InChI=1S/C10H12INO3/c1-6(5-13)12-10(15)7-2-3-8(11)9(14)4-7/h2-4,6,13-14H,5H2,1H3,(H,12,15)/t6-/m0/s1. The number of aliphatic hydroxyl groups excluding tert-OH is 1. The summed E-state index contributed by atoms with van der Waals surface area (Å²) in [6.45, 7) is 1.59. The lowest BCUT2D eigenvalue weighted by Gasteiger charge is -2.10. The lowest BCUT2D eigenvalue weighted by atomic mass is 10.2. The van der Waals surface area contributed by atoms with E-state index in [0.29, 0.717) is 9.13 Å². The molecule has 5 heteroatoms. The van der Waals surface area contributed by atoms with Crippen LogP contribution in [-0.2, 0) is 0 Å². The van der Waals surface area contributed by atoms with Crippen molar-refractivity contribution in [1.29, 1.82) is 0 Å². The average molecular weight is 321 g/mol. The Balaban J connectivity index is 2.78. The Morgan fingerprint density at radius 1 is 1.60 bits per heavy atom. The molecule has 82 valence electrons. The Kier molecular flexibility index (Phi) is 4.34. The highest BCUT2D eigenvalue weighted by molar-refractivity contribution is 14.1. The van der Waals surface area contributed by atoms with Gasteiger partial charge in [0.1, 0.15) is 5.75 Å². The minimum absolute atomic E-state index is 0.0832. The van der Waals surface area contributed by atoms with Crippen molar-refractivity contribution in [2.45, 2.75) is 13.0 Å². The first-order chi connectivity index (χ1) is 7.04. The maximum atomic E-state index is 11.5. The van der Waals surface area contributed by atoms with Crippen molar-refractivity contribution in [3.05, 3.63) is 27.3 Å². The number of hydrogen-bond donors (Lipinski definition) is 3. The lowest BCUT2D eigenvalue weighted by Crippen LogP contribution is -2.34. The second-order valence-electron chi connectivity index (χ2n) is 3.22. The van der Waals surface area contributed by atoms with Crippen LogP contribution in [0.15, 0.2) is 18.2 Å². The highest BCUT2D eigenvalue weighted by Gasteiger charge is 2.10. The molecule has 3 N–H and O–H groups in total. The summed E-state index contributed by atoms with van der Waals surface area (Å²) >= 11 is 1.98. The molecule has 0 saturated heterocycles. The molecule has 1 atom stereocenters. The summed E-state index contributed by atoms with van der Waals surface area (Å²) in [5.41, 5.74) is 0.383. The number of benzene rings is 1. The number of rotatable bonds is 3. The van der Waals surface area contributed by atoms with E-state index in [9.17, 15) is 9.90 Å². The van der Waals surface area contributed by atoms with Crippen molar-refractivity contribution < 1.29 is 15.0 Å². The SMILES string of the molecule is C[C@@H](CO)NC(=O)c1ccc(I)c(O)c1. The van der Waals surface area contributed by atoms with E-state index in [1.807, 2.05) is 22.6 Å². The van der Waals surface area contributed by atoms with Crippen LogP contribution in [0.2, 0.25) is 0 Å². The van der Waals surface area contributed by atoms with Gasteiger partial charge in [-0.3, -0.25) is 4.79 Å². The highest BCUT2D eigenvalue weighted by Crippen LogP contribution is 2.20. The van der Waals surface area contributed by atoms with Crippen LogP contribution in [0, 0.1) is 3.57 Å². The van der Waals surface area contributed by atoms with Gasteiger partial charge in [-0.15, -0.1) is 0 Å². The minimum Gasteiger partial charge on any atom is -0.507 e. The molecule has 0 aliphatic heterocycles. The zero-order valence-electron chi connectivity index (χ0n) is 8.20. The molecule has 0 heterocycles. The van der Waals surface area contributed by atoms with E-state index in [0.717, 1.165) is 0 Å². The third-order valence-corrected chi connectivity index (χ3v) is 2.77. The van der Waals surface area contributed by atoms with E-state index in [2.05, 4.69) is 5.32 Å². The molecule has 15 heavy (non-hydrogen) atoms. The Morgan fingerprint density at radius 2 is 2.27 bits per heavy atom. The number of halogens is 1. The van der Waals surface area contributed by atoms with Crippen LogP contribution in [-0.4, -0.2) is 28.8 Å². The van der Waals surface area contributed by atoms with Gasteiger partial charge in [0, 0.05) is 11.6 Å². The number of carbonyl (C=O) groups is 1. The molecule has 0 aromatic heterocycles. The van der Waals surface area contributed by atoms with Crippen LogP contribution in [0.25, 0.3) is 0 Å². The first-order valence-electron chi connectivity index (χ1n) is 4.45. The largest absolute Gasteiger partial charge is 0.507 e. The van der Waals surface area contributed by atoms with E-state index in [4.69, 9.17) is 5.11 Å². The first-order valence-corrected chi connectivity index (χ1v) is 5.52. The fourth-order valence-electron chi connectivity index (χ4n) is 1.01. The van der Waals surface area contributed by atoms with Crippen molar-refractivity contribution in [2.75, 3.05) is 6.61 Å². The van der Waals surface area contributed by atoms with Gasteiger partial charge in [0.25, 0.3) is 5.91 Å². The van der Waals surface area contributed by atoms with E-state index in [1.54, 1.807) is 19.1 Å². The molecule has 0 unspecified atom stereocenters. The quantitative estimate of drug-likeness (QED) is 0.731. The first kappa shape index (κ1) is 12.3. The van der Waals surface area contributed by atoms with Crippen LogP contribution < -0.4 is 5.32 Å². The van der Waals surface area contributed by atoms with Crippen LogP contribution in [0.1, 0.15) is 17.3 Å². The van der Waals surface area contributed by atoms with Gasteiger partial charge in [-0.1, -0.05) is 0 Å². The van der Waals surface area contributed by atoms with Crippen LogP contribution in [0.4, 0.5) is 0 Å². The summed E-state index contributed by atoms with van der Waals surface area (Å²) in [6, 6.07) is 4.40. The van der Waals surface area contributed by atoms with Crippen molar-refractivity contribution in [2.24, 2.45) is 0 Å². The molecule has 4 nitrogen and oxygen atoms in total. The molecule has 1 aromatic rings. The van der Waals surface area contributed by atoms with E-state index >= 15 is 0 Å². The maximum Gasteiger partial charge on any atom is 0.251 e. The molecule has 0 bridgehead atoms. The van der Waals surface area contributed by atoms with Crippen molar-refractivity contribution in [3.8, 4) is 5.75 Å². The monoisotopic (exact) mass is 321 g/mol. The number of aromatic hydroxyl groups is 1. The summed E-state index contributed by atoms with van der Waals surface area (Å²) < 4.78 is 0.694. The minimum atomic E-state index is -0.303. The van der Waals surface area contributed by atoms with E-state index in [1.165, 1.54) is 6.07 Å². The zero-order valence-corrected chi connectivity index (χ0v) is 10.4. The number of phenolic OH excluding ortho intramolecular Hbond substituents is 1. The van der Waals surface area contributed by atoms with E-state index < -0.39 is 0 Å². The van der Waals surface area contributed by atoms with Crippen molar-refractivity contribution in [1.82, 2.24) is 5.32 Å². The molecule has 0 aliphatic carbocycles. The van der Waals surface area contributed by atoms with E-state index in [-0.39, 0.29) is 24.3 Å². The summed E-state index contributed by atoms with van der Waals surface area (Å²) in [5, 5.41) is 20.8. The molecule has 1 rings (SSSR count). The second kappa shape index (κ2) is 5.32. The second-order valence-corrected chi connectivity index (χ2v) is 4.39. The van der Waals surface area contributed by atoms with Crippen LogP contribution >= 0.6 is 22.6 Å². The van der Waals surface area contributed by atoms with Gasteiger partial charge >= 0.3 is 0 Å². The normalized spacial score (nSPS) is 12.2. The fraction of sp³-hybridized carbons (Fsp3) is 0.300. The van der Waals surface area contributed by atoms with Gasteiger partial charge < -0.3 is 15.5 Å². The van der Waals surface area contributed by atoms with Gasteiger partial charge in [0.05, 0.1) is 10.2 Å². The molecule has 0 radical (unpaired) electrons. The Morgan fingerprint density at radius 3 is 2.80 bits per heavy atom. The van der Waals surface area contributed by atoms with Crippen molar-refractivity contribution in [3.63, 3.8) is 0 Å². The van der Waals surface area contributed by atoms with Gasteiger partial charge in [0.15, 0.2) is 0 Å². The molecule has 0 saturated carbocycles. The average Bonchev–Trinajstić information content (AvgIpc) is 2.21. The fourth-order valence-corrected chi connectivity index (χ4v) is 1.34. The molecule has 1 aromatic carbocycles. The van der Waals surface area contributed by atoms with Gasteiger partial charge in [-0.25, -0.2) is 0 Å². The molecule has 1 amide bonds. The number of phenols is 1. The predicted molar refractivity (Wildman–Crippen MR) is 64.8 cm³/mol. The number of carbonyl (C=O) groups excluding carboxylic acids is 1. The summed E-state index contributed by atoms with van der Waals surface area (Å²) in [4.78, 5) is 11.5. The zero-order chi connectivity index (χ0) is 11.4. The summed E-state index contributed by atoms with van der Waals surface area (Å²) in [5.74, 6) is -0.219. The molecular weight excluding hydrogens is 309 g/mol. The maximum absolute atomic E-state index is 11.5. The predicted octanol–water partition coefficient (Wildman–Crippen LogP) is 1.11. The third-order valence-electron chi connectivity index (χ3n) is 1.86. The molecule has 0 aliphatic rings. The smallest absolute Gasteiger partial charge is 0.251 e. The number of amides is 1. The number of aliphatic hydroxyl groups is 1. The highest BCUT2D eigenvalue weighted by atomic mass is 127. The Bertz CT molecular complexity index is 368. The molecule has 0 spiro atoms. The molecular formula is C10H12INO3. The number of nitrogens with one attached hydrogen (secondary N) is 1. The Labute approximate surface area is 101 Å². The van der Waals surface area contributed by atoms with Crippen LogP contribution in [0.3, 0.4) is 0 Å². The number of hydrogen-bond acceptors (Lipinski definition) is 3. The molecule has 0 fully saturated rings. The van der Waals surface area contributed by atoms with Gasteiger partial charge in [-0.2, -0.15) is 0 Å². The summed E-state index contributed by atoms with van der Waals surface area (Å²) in [6.07, 6.45) is 0. The topological polar surface area (TPSA) is 69.6 Å². The van der Waals surface area contributed by atoms with Gasteiger partial charge in [0.2, 0.25) is 0 Å².